The van der Waals surface area contributed by atoms with Gasteiger partial charge in [-0.2, -0.15) is 5.10 Å². The number of thioether (sulfide) groups is 1. The lowest BCUT2D eigenvalue weighted by Gasteiger charge is -2.07. The van der Waals surface area contributed by atoms with Gasteiger partial charge in [-0.05, 0) is 48.0 Å². The highest BCUT2D eigenvalue weighted by atomic mass is 79.9. The molecule has 3 N–H and O–H groups in total. The lowest BCUT2D eigenvalue weighted by molar-refractivity contribution is -0.122. The summed E-state index contributed by atoms with van der Waals surface area (Å²) in [6.45, 7) is 0. The molecular formula is C19H17BrN4O4S. The molecule has 1 aliphatic rings. The molecule has 0 radical (unpaired) electrons. The zero-order chi connectivity index (χ0) is 20.8. The van der Waals surface area contributed by atoms with Gasteiger partial charge in [-0.1, -0.05) is 27.7 Å². The second-order valence-corrected chi connectivity index (χ2v) is 8.04. The Hall–Kier alpha value is -2.85. The van der Waals surface area contributed by atoms with Gasteiger partial charge >= 0.3 is 0 Å². The highest BCUT2D eigenvalue weighted by Crippen LogP contribution is 2.26. The number of hydrogen-bond acceptors (Lipinski definition) is 7. The Morgan fingerprint density at radius 3 is 2.83 bits per heavy atom. The van der Waals surface area contributed by atoms with Crippen LogP contribution in [0.5, 0.6) is 11.5 Å². The number of carbonyl (C=O) groups excluding carboxylic acids is 2. The number of methoxy groups -OCH3 is 1. The molecule has 1 unspecified atom stereocenters. The number of nitrogens with zero attached hydrogens (tertiary/aromatic N) is 2. The van der Waals surface area contributed by atoms with Crippen LogP contribution in [0, 0.1) is 0 Å². The van der Waals surface area contributed by atoms with Crippen LogP contribution in [0.2, 0.25) is 0 Å². The Balaban J connectivity index is 1.56. The second kappa shape index (κ2) is 9.57. The average Bonchev–Trinajstić information content (AvgIpc) is 3.04. The van der Waals surface area contributed by atoms with E-state index in [1.807, 2.05) is 12.1 Å². The third-order valence-corrected chi connectivity index (χ3v) is 5.44. The maximum absolute atomic E-state index is 12.2. The van der Waals surface area contributed by atoms with Gasteiger partial charge in [0.1, 0.15) is 5.25 Å². The Labute approximate surface area is 179 Å². The highest BCUT2D eigenvalue weighted by Gasteiger charge is 2.32. The van der Waals surface area contributed by atoms with Crippen molar-refractivity contribution < 1.29 is 19.4 Å². The molecule has 0 aromatic heterocycles. The average molecular weight is 477 g/mol. The summed E-state index contributed by atoms with van der Waals surface area (Å²) < 4.78 is 5.94. The molecule has 3 rings (SSSR count). The molecule has 10 heteroatoms. The topological polar surface area (TPSA) is 112 Å². The molecule has 150 valence electrons. The van der Waals surface area contributed by atoms with Crippen molar-refractivity contribution in [2.45, 2.75) is 11.7 Å². The number of aromatic hydroxyl groups is 1. The summed E-state index contributed by atoms with van der Waals surface area (Å²) in [4.78, 5) is 24.3. The van der Waals surface area contributed by atoms with Gasteiger partial charge in [-0.25, -0.2) is 0 Å². The SMILES string of the molecule is COc1cc(C=NN=C2NC(=O)C(CC(=O)Nc3ccc(Br)cc3)S2)ccc1O. The zero-order valence-corrected chi connectivity index (χ0v) is 17.7. The quantitative estimate of drug-likeness (QED) is 0.437. The summed E-state index contributed by atoms with van der Waals surface area (Å²) in [5.74, 6) is -0.206. The first-order valence-corrected chi connectivity index (χ1v) is 10.1. The van der Waals surface area contributed by atoms with Gasteiger partial charge in [-0.3, -0.25) is 9.59 Å². The fourth-order valence-electron chi connectivity index (χ4n) is 2.42. The number of carbonyl (C=O) groups is 2. The summed E-state index contributed by atoms with van der Waals surface area (Å²) in [6.07, 6.45) is 1.49. The Morgan fingerprint density at radius 1 is 1.34 bits per heavy atom. The van der Waals surface area contributed by atoms with Gasteiger partial charge in [0.15, 0.2) is 16.7 Å². The monoisotopic (exact) mass is 476 g/mol. The number of phenolic OH excluding ortho intramolecular Hbond substituents is 1. The largest absolute Gasteiger partial charge is 0.504 e. The molecule has 2 aromatic rings. The van der Waals surface area contributed by atoms with Crippen LogP contribution in [0.4, 0.5) is 5.69 Å². The van der Waals surface area contributed by atoms with Gasteiger partial charge in [0.05, 0.1) is 13.3 Å². The molecule has 29 heavy (non-hydrogen) atoms. The van der Waals surface area contributed by atoms with Crippen LogP contribution in [0.3, 0.4) is 0 Å². The molecule has 1 saturated heterocycles. The fourth-order valence-corrected chi connectivity index (χ4v) is 3.61. The van der Waals surface area contributed by atoms with Gasteiger partial charge in [0.2, 0.25) is 11.8 Å². The Bertz CT molecular complexity index is 979. The first-order chi connectivity index (χ1) is 13.9. The van der Waals surface area contributed by atoms with Crippen molar-refractivity contribution >= 4 is 56.6 Å². The van der Waals surface area contributed by atoms with Crippen molar-refractivity contribution in [1.29, 1.82) is 0 Å². The maximum Gasteiger partial charge on any atom is 0.240 e. The van der Waals surface area contributed by atoms with Crippen LogP contribution in [-0.4, -0.2) is 40.7 Å². The van der Waals surface area contributed by atoms with Crippen LogP contribution in [0.25, 0.3) is 0 Å². The summed E-state index contributed by atoms with van der Waals surface area (Å²) in [5, 5.41) is 22.6. The lowest BCUT2D eigenvalue weighted by Crippen LogP contribution is -2.28. The van der Waals surface area contributed by atoms with Crippen LogP contribution in [0.15, 0.2) is 57.1 Å². The Morgan fingerprint density at radius 2 is 2.10 bits per heavy atom. The molecule has 1 atom stereocenters. The van der Waals surface area contributed by atoms with Crippen molar-refractivity contribution in [2.24, 2.45) is 10.2 Å². The van der Waals surface area contributed by atoms with Crippen molar-refractivity contribution in [3.05, 3.63) is 52.5 Å². The fraction of sp³-hybridized carbons (Fsp3) is 0.158. The van der Waals surface area contributed by atoms with Crippen LogP contribution >= 0.6 is 27.7 Å². The van der Waals surface area contributed by atoms with Crippen molar-refractivity contribution in [3.63, 3.8) is 0 Å². The van der Waals surface area contributed by atoms with Crippen LogP contribution in [0.1, 0.15) is 12.0 Å². The van der Waals surface area contributed by atoms with E-state index in [0.717, 1.165) is 16.2 Å². The minimum Gasteiger partial charge on any atom is -0.504 e. The number of phenols is 1. The number of ether oxygens (including phenoxy) is 1. The molecule has 1 aliphatic heterocycles. The van der Waals surface area contributed by atoms with E-state index >= 15 is 0 Å². The van der Waals surface area contributed by atoms with E-state index in [0.29, 0.717) is 22.2 Å². The second-order valence-electron chi connectivity index (χ2n) is 5.94. The summed E-state index contributed by atoms with van der Waals surface area (Å²) in [7, 11) is 1.45. The van der Waals surface area contributed by atoms with E-state index in [4.69, 9.17) is 4.74 Å². The predicted molar refractivity (Wildman–Crippen MR) is 117 cm³/mol. The first-order valence-electron chi connectivity index (χ1n) is 8.45. The van der Waals surface area contributed by atoms with E-state index in [2.05, 4.69) is 36.8 Å². The van der Waals surface area contributed by atoms with Gasteiger partial charge in [-0.15, -0.1) is 5.10 Å². The summed E-state index contributed by atoms with van der Waals surface area (Å²) in [5.41, 5.74) is 1.33. The molecule has 2 amide bonds. The number of rotatable bonds is 6. The molecular weight excluding hydrogens is 460 g/mol. The number of amides is 2. The molecule has 8 nitrogen and oxygen atoms in total. The van der Waals surface area contributed by atoms with Crippen molar-refractivity contribution in [3.8, 4) is 11.5 Å². The summed E-state index contributed by atoms with van der Waals surface area (Å²) in [6, 6.07) is 11.9. The van der Waals surface area contributed by atoms with Gasteiger partial charge in [0, 0.05) is 16.6 Å². The van der Waals surface area contributed by atoms with E-state index in [-0.39, 0.29) is 24.0 Å². The molecule has 0 bridgehead atoms. The van der Waals surface area contributed by atoms with Crippen molar-refractivity contribution in [1.82, 2.24) is 5.32 Å². The number of anilines is 1. The van der Waals surface area contributed by atoms with Gasteiger partial charge in [0.25, 0.3) is 0 Å². The van der Waals surface area contributed by atoms with E-state index in [1.54, 1.807) is 24.3 Å². The molecule has 1 fully saturated rings. The third kappa shape index (κ3) is 5.81. The maximum atomic E-state index is 12.2. The molecule has 1 heterocycles. The minimum absolute atomic E-state index is 0.0183. The highest BCUT2D eigenvalue weighted by molar-refractivity contribution is 9.10. The number of benzene rings is 2. The van der Waals surface area contributed by atoms with Crippen molar-refractivity contribution in [2.75, 3.05) is 12.4 Å². The molecule has 0 spiro atoms. The third-order valence-electron chi connectivity index (χ3n) is 3.83. The first kappa shape index (κ1) is 20.9. The van der Waals surface area contributed by atoms with E-state index in [9.17, 15) is 14.7 Å². The minimum atomic E-state index is -0.576. The molecule has 2 aromatic carbocycles. The number of amidine groups is 1. The van der Waals surface area contributed by atoms with Crippen LogP contribution < -0.4 is 15.4 Å². The smallest absolute Gasteiger partial charge is 0.240 e. The Kier molecular flexibility index (Phi) is 6.89. The van der Waals surface area contributed by atoms with Crippen LogP contribution in [-0.2, 0) is 9.59 Å². The lowest BCUT2D eigenvalue weighted by atomic mass is 10.2. The summed E-state index contributed by atoms with van der Waals surface area (Å²) >= 11 is 4.48. The zero-order valence-electron chi connectivity index (χ0n) is 15.3. The molecule has 0 aliphatic carbocycles. The standard InChI is InChI=1S/C19H17BrN4O4S/c1-28-15-8-11(2-7-14(15)25)10-21-24-19-23-18(27)16(29-19)9-17(26)22-13-5-3-12(20)4-6-13/h2-8,10,16,25H,9H2,1H3,(H,22,26)(H,23,24,27). The molecule has 0 saturated carbocycles. The normalized spacial score (nSPS) is 17.5. The van der Waals surface area contributed by atoms with E-state index < -0.39 is 5.25 Å². The number of halogens is 1. The number of hydrogen-bond donors (Lipinski definition) is 3. The predicted octanol–water partition coefficient (Wildman–Crippen LogP) is 3.11. The van der Waals surface area contributed by atoms with Gasteiger partial charge < -0.3 is 20.5 Å². The van der Waals surface area contributed by atoms with E-state index in [1.165, 1.54) is 19.4 Å². The number of nitrogens with one attached hydrogen (secondary N) is 2.